The van der Waals surface area contributed by atoms with Crippen LogP contribution >= 0.6 is 0 Å². The van der Waals surface area contributed by atoms with Gasteiger partial charge in [-0.2, -0.15) is 0 Å². The van der Waals surface area contributed by atoms with Crippen molar-refractivity contribution in [3.05, 3.63) is 29.8 Å². The highest BCUT2D eigenvalue weighted by Gasteiger charge is 2.36. The van der Waals surface area contributed by atoms with Gasteiger partial charge in [0.25, 0.3) is 0 Å². The fourth-order valence-electron chi connectivity index (χ4n) is 3.28. The molecule has 1 heterocycles. The van der Waals surface area contributed by atoms with Crippen LogP contribution in [0.15, 0.2) is 24.3 Å². The molecule has 0 radical (unpaired) electrons. The number of benzene rings is 1. The highest BCUT2D eigenvalue weighted by molar-refractivity contribution is 5.74. The number of ether oxygens (including phenoxy) is 2. The van der Waals surface area contributed by atoms with E-state index >= 15 is 0 Å². The maximum absolute atomic E-state index is 12.3. The monoisotopic (exact) mass is 332 g/mol. The van der Waals surface area contributed by atoms with Crippen molar-refractivity contribution in [2.75, 3.05) is 13.2 Å². The molecule has 24 heavy (non-hydrogen) atoms. The molecule has 1 aromatic rings. The first kappa shape index (κ1) is 17.1. The predicted molar refractivity (Wildman–Crippen MR) is 93.2 cm³/mol. The first-order chi connectivity index (χ1) is 11.7. The quantitative estimate of drug-likeness (QED) is 0.839. The SMILES string of the molecule is CCOc1ccc([C@H](C)NC(=O)N[C@@H]2CCO[C@@H](C3CC3)C2)cc1. The third-order valence-electron chi connectivity index (χ3n) is 4.84. The first-order valence-corrected chi connectivity index (χ1v) is 9.07. The molecule has 2 fully saturated rings. The third-order valence-corrected chi connectivity index (χ3v) is 4.84. The molecule has 0 aromatic heterocycles. The van der Waals surface area contributed by atoms with Crippen molar-refractivity contribution >= 4 is 6.03 Å². The Morgan fingerprint density at radius 3 is 2.71 bits per heavy atom. The van der Waals surface area contributed by atoms with E-state index in [9.17, 15) is 4.79 Å². The average molecular weight is 332 g/mol. The third kappa shape index (κ3) is 4.63. The van der Waals surface area contributed by atoms with Gasteiger partial charge < -0.3 is 20.1 Å². The van der Waals surface area contributed by atoms with Gasteiger partial charge in [-0.1, -0.05) is 12.1 Å². The van der Waals surface area contributed by atoms with Gasteiger partial charge in [0.2, 0.25) is 0 Å². The summed E-state index contributed by atoms with van der Waals surface area (Å²) in [6.45, 7) is 5.36. The summed E-state index contributed by atoms with van der Waals surface area (Å²) < 4.78 is 11.3. The molecule has 5 heteroatoms. The van der Waals surface area contributed by atoms with Crippen molar-refractivity contribution in [1.82, 2.24) is 10.6 Å². The van der Waals surface area contributed by atoms with Crippen molar-refractivity contribution in [2.24, 2.45) is 5.92 Å². The van der Waals surface area contributed by atoms with Crippen molar-refractivity contribution in [3.8, 4) is 5.75 Å². The number of carbonyl (C=O) groups excluding carboxylic acids is 1. The van der Waals surface area contributed by atoms with Gasteiger partial charge in [-0.25, -0.2) is 4.79 Å². The lowest BCUT2D eigenvalue weighted by molar-refractivity contribution is -0.00917. The fraction of sp³-hybridized carbons (Fsp3) is 0.632. The highest BCUT2D eigenvalue weighted by Crippen LogP contribution is 2.38. The smallest absolute Gasteiger partial charge is 0.315 e. The zero-order valence-electron chi connectivity index (χ0n) is 14.6. The lowest BCUT2D eigenvalue weighted by Crippen LogP contribution is -2.47. The van der Waals surface area contributed by atoms with Gasteiger partial charge >= 0.3 is 6.03 Å². The molecule has 0 spiro atoms. The van der Waals surface area contributed by atoms with E-state index in [0.717, 1.165) is 36.7 Å². The molecule has 2 aliphatic rings. The fourth-order valence-corrected chi connectivity index (χ4v) is 3.28. The molecule has 0 unspecified atom stereocenters. The second kappa shape index (κ2) is 7.88. The first-order valence-electron chi connectivity index (χ1n) is 9.07. The lowest BCUT2D eigenvalue weighted by Gasteiger charge is -2.30. The summed E-state index contributed by atoms with van der Waals surface area (Å²) >= 11 is 0. The minimum Gasteiger partial charge on any atom is -0.494 e. The largest absolute Gasteiger partial charge is 0.494 e. The Morgan fingerprint density at radius 2 is 2.04 bits per heavy atom. The Bertz CT molecular complexity index is 542. The van der Waals surface area contributed by atoms with Crippen LogP contribution < -0.4 is 15.4 Å². The summed E-state index contributed by atoms with van der Waals surface area (Å²) in [7, 11) is 0. The molecule has 1 aliphatic carbocycles. The highest BCUT2D eigenvalue weighted by atomic mass is 16.5. The van der Waals surface area contributed by atoms with E-state index in [1.165, 1.54) is 12.8 Å². The topological polar surface area (TPSA) is 59.6 Å². The molecule has 2 N–H and O–H groups in total. The molecule has 1 saturated heterocycles. The van der Waals surface area contributed by atoms with Crippen molar-refractivity contribution < 1.29 is 14.3 Å². The van der Waals surface area contributed by atoms with Gasteiger partial charge in [0, 0.05) is 12.6 Å². The number of urea groups is 1. The second-order valence-electron chi connectivity index (χ2n) is 6.81. The summed E-state index contributed by atoms with van der Waals surface area (Å²) in [5.74, 6) is 1.58. The molecule has 3 atom stereocenters. The molecule has 132 valence electrons. The minimum atomic E-state index is -0.0992. The number of rotatable bonds is 6. The minimum absolute atomic E-state index is 0.0419. The van der Waals surface area contributed by atoms with Gasteiger partial charge in [-0.05, 0) is 63.1 Å². The maximum atomic E-state index is 12.3. The average Bonchev–Trinajstić information content (AvgIpc) is 3.41. The summed E-state index contributed by atoms with van der Waals surface area (Å²) in [5, 5.41) is 6.13. The van der Waals surface area contributed by atoms with Crippen molar-refractivity contribution in [2.45, 2.75) is 57.7 Å². The second-order valence-corrected chi connectivity index (χ2v) is 6.81. The molecule has 1 saturated carbocycles. The maximum Gasteiger partial charge on any atom is 0.315 e. The van der Waals surface area contributed by atoms with Crippen molar-refractivity contribution in [3.63, 3.8) is 0 Å². The van der Waals surface area contributed by atoms with Gasteiger partial charge in [-0.15, -0.1) is 0 Å². The van der Waals surface area contributed by atoms with Gasteiger partial charge in [0.15, 0.2) is 0 Å². The molecule has 3 rings (SSSR count). The number of nitrogens with one attached hydrogen (secondary N) is 2. The van der Waals surface area contributed by atoms with E-state index in [4.69, 9.17) is 9.47 Å². The van der Waals surface area contributed by atoms with Crippen LogP contribution in [-0.4, -0.2) is 31.4 Å². The summed E-state index contributed by atoms with van der Waals surface area (Å²) in [6.07, 6.45) is 4.73. The van der Waals surface area contributed by atoms with E-state index in [0.29, 0.717) is 12.7 Å². The standard InChI is InChI=1S/C19H28N2O3/c1-3-23-17-8-6-14(7-9-17)13(2)20-19(22)21-16-10-11-24-18(12-16)15-4-5-15/h6-9,13,15-16,18H,3-5,10-12H2,1-2H3,(H2,20,21,22)/t13-,16+,18+/m0/s1. The van der Waals surface area contributed by atoms with Crippen LogP contribution in [-0.2, 0) is 4.74 Å². The van der Waals surface area contributed by atoms with Gasteiger partial charge in [-0.3, -0.25) is 0 Å². The Hall–Kier alpha value is -1.75. The van der Waals surface area contributed by atoms with Gasteiger partial charge in [0.1, 0.15) is 5.75 Å². The van der Waals surface area contributed by atoms with E-state index < -0.39 is 0 Å². The van der Waals surface area contributed by atoms with E-state index in [-0.39, 0.29) is 18.1 Å². The molecule has 5 nitrogen and oxygen atoms in total. The molecule has 0 bridgehead atoms. The van der Waals surface area contributed by atoms with E-state index in [1.54, 1.807) is 0 Å². The van der Waals surface area contributed by atoms with Crippen LogP contribution in [0.25, 0.3) is 0 Å². The van der Waals surface area contributed by atoms with Crippen LogP contribution in [0, 0.1) is 5.92 Å². The van der Waals surface area contributed by atoms with Crippen LogP contribution in [0.2, 0.25) is 0 Å². The predicted octanol–water partition coefficient (Wildman–Crippen LogP) is 3.40. The Labute approximate surface area is 144 Å². The number of hydrogen-bond donors (Lipinski definition) is 2. The normalized spacial score (nSPS) is 24.9. The number of hydrogen-bond acceptors (Lipinski definition) is 3. The number of amides is 2. The van der Waals surface area contributed by atoms with E-state index in [1.807, 2.05) is 38.1 Å². The summed E-state index contributed by atoms with van der Waals surface area (Å²) in [6, 6.07) is 7.94. The molecular weight excluding hydrogens is 304 g/mol. The van der Waals surface area contributed by atoms with Crippen LogP contribution in [0.1, 0.15) is 51.1 Å². The van der Waals surface area contributed by atoms with Crippen LogP contribution in [0.4, 0.5) is 4.79 Å². The molecule has 1 aliphatic heterocycles. The molecule has 2 amide bonds. The zero-order chi connectivity index (χ0) is 16.9. The number of carbonyl (C=O) groups is 1. The summed E-state index contributed by atoms with van der Waals surface area (Å²) in [5.41, 5.74) is 1.07. The lowest BCUT2D eigenvalue weighted by atomic mass is 10.0. The van der Waals surface area contributed by atoms with Crippen LogP contribution in [0.3, 0.4) is 0 Å². The van der Waals surface area contributed by atoms with Gasteiger partial charge in [0.05, 0.1) is 18.8 Å². The molecular formula is C19H28N2O3. The Morgan fingerprint density at radius 1 is 1.29 bits per heavy atom. The van der Waals surface area contributed by atoms with Crippen LogP contribution in [0.5, 0.6) is 5.75 Å². The van der Waals surface area contributed by atoms with Crippen molar-refractivity contribution in [1.29, 1.82) is 0 Å². The Kier molecular flexibility index (Phi) is 5.61. The zero-order valence-corrected chi connectivity index (χ0v) is 14.6. The van der Waals surface area contributed by atoms with E-state index in [2.05, 4.69) is 10.6 Å². The Balaban J connectivity index is 1.46. The summed E-state index contributed by atoms with van der Waals surface area (Å²) in [4.78, 5) is 12.3. The molecule has 1 aromatic carbocycles.